The van der Waals surface area contributed by atoms with Crippen LogP contribution >= 0.6 is 0 Å². The normalized spacial score (nSPS) is 15.3. The Morgan fingerprint density at radius 1 is 1.14 bits per heavy atom. The highest BCUT2D eigenvalue weighted by molar-refractivity contribution is 5.75. The molecule has 0 bridgehead atoms. The van der Waals surface area contributed by atoms with Crippen LogP contribution in [-0.4, -0.2) is 75.1 Å². The number of fused-ring (bicyclic) bond motifs is 1. The molecule has 9 heteroatoms. The van der Waals surface area contributed by atoms with E-state index in [0.717, 1.165) is 67.3 Å². The second kappa shape index (κ2) is 10.1. The molecule has 0 aromatic carbocycles. The predicted molar refractivity (Wildman–Crippen MR) is 135 cm³/mol. The van der Waals surface area contributed by atoms with E-state index < -0.39 is 0 Å². The van der Waals surface area contributed by atoms with Crippen molar-refractivity contribution in [1.29, 1.82) is 0 Å². The van der Waals surface area contributed by atoms with Crippen LogP contribution in [-0.2, 0) is 4.74 Å². The van der Waals surface area contributed by atoms with E-state index in [1.54, 1.807) is 18.7 Å². The number of aromatic amines is 1. The van der Waals surface area contributed by atoms with Gasteiger partial charge in [-0.3, -0.25) is 10.1 Å². The highest BCUT2D eigenvalue weighted by atomic mass is 16.5. The van der Waals surface area contributed by atoms with Crippen molar-refractivity contribution in [2.75, 3.05) is 40.5 Å². The highest BCUT2D eigenvalue weighted by Gasteiger charge is 2.23. The summed E-state index contributed by atoms with van der Waals surface area (Å²) < 4.78 is 12.5. The van der Waals surface area contributed by atoms with E-state index >= 15 is 0 Å². The van der Waals surface area contributed by atoms with Gasteiger partial charge in [-0.05, 0) is 55.5 Å². The van der Waals surface area contributed by atoms with E-state index in [1.807, 2.05) is 18.5 Å². The Kier molecular flexibility index (Phi) is 6.79. The maximum atomic E-state index is 5.55. The summed E-state index contributed by atoms with van der Waals surface area (Å²) in [5, 5.41) is 12.2. The molecule has 0 radical (unpaired) electrons. The summed E-state index contributed by atoms with van der Waals surface area (Å²) in [4.78, 5) is 11.6. The van der Waals surface area contributed by atoms with Crippen LogP contribution in [0, 0.1) is 0 Å². The molecule has 0 spiro atoms. The number of hydrogen-bond donors (Lipinski definition) is 1. The summed E-state index contributed by atoms with van der Waals surface area (Å²) in [6.07, 6.45) is 7.81. The Bertz CT molecular complexity index is 1270. The Balaban J connectivity index is 1.40. The summed E-state index contributed by atoms with van der Waals surface area (Å²) in [6.45, 7) is 8.37. The van der Waals surface area contributed by atoms with Gasteiger partial charge in [0.15, 0.2) is 11.4 Å². The van der Waals surface area contributed by atoms with Gasteiger partial charge in [-0.15, -0.1) is 0 Å². The van der Waals surface area contributed by atoms with Gasteiger partial charge in [0.1, 0.15) is 6.33 Å². The Morgan fingerprint density at radius 3 is 2.66 bits per heavy atom. The van der Waals surface area contributed by atoms with Crippen molar-refractivity contribution < 1.29 is 9.47 Å². The lowest BCUT2D eigenvalue weighted by atomic mass is 9.90. The van der Waals surface area contributed by atoms with E-state index in [2.05, 4.69) is 46.1 Å². The van der Waals surface area contributed by atoms with E-state index in [-0.39, 0.29) is 5.92 Å². The molecule has 4 aromatic rings. The number of methoxy groups -OCH3 is 2. The van der Waals surface area contributed by atoms with Crippen LogP contribution in [0.2, 0.25) is 0 Å². The third-order valence-corrected chi connectivity index (χ3v) is 6.93. The van der Waals surface area contributed by atoms with Crippen LogP contribution in [0.25, 0.3) is 28.3 Å². The molecule has 0 aliphatic carbocycles. The van der Waals surface area contributed by atoms with Gasteiger partial charge < -0.3 is 14.4 Å². The summed E-state index contributed by atoms with van der Waals surface area (Å²) in [5.41, 5.74) is 6.77. The summed E-state index contributed by atoms with van der Waals surface area (Å²) in [6, 6.07) is 6.31. The molecule has 1 saturated heterocycles. The largest absolute Gasteiger partial charge is 0.493 e. The van der Waals surface area contributed by atoms with Crippen molar-refractivity contribution in [1.82, 2.24) is 34.7 Å². The number of nitrogens with zero attached hydrogens (tertiary/aromatic N) is 6. The number of nitrogens with one attached hydrogen (secondary N) is 1. The zero-order valence-electron chi connectivity index (χ0n) is 20.9. The fraction of sp³-hybridized carbons (Fsp3) is 0.462. The first-order chi connectivity index (χ1) is 17.1. The molecule has 4 aromatic heterocycles. The van der Waals surface area contributed by atoms with Gasteiger partial charge in [0.2, 0.25) is 0 Å². The highest BCUT2D eigenvalue weighted by Crippen LogP contribution is 2.37. The Hall–Kier alpha value is -3.30. The van der Waals surface area contributed by atoms with Crippen molar-refractivity contribution in [3.8, 4) is 28.4 Å². The minimum atomic E-state index is 0.245. The quantitative estimate of drug-likeness (QED) is 0.409. The van der Waals surface area contributed by atoms with Gasteiger partial charge in [0.05, 0.1) is 30.8 Å². The smallest absolute Gasteiger partial charge is 0.197 e. The second-order valence-electron chi connectivity index (χ2n) is 9.43. The van der Waals surface area contributed by atoms with Crippen LogP contribution < -0.4 is 4.74 Å². The molecular formula is C26H33N7O2. The molecule has 5 rings (SSSR count). The number of hydrogen-bond acceptors (Lipinski definition) is 7. The van der Waals surface area contributed by atoms with E-state index in [1.165, 1.54) is 11.9 Å². The third kappa shape index (κ3) is 4.66. The lowest BCUT2D eigenvalue weighted by Crippen LogP contribution is -2.35. The molecule has 1 fully saturated rings. The van der Waals surface area contributed by atoms with Gasteiger partial charge in [-0.1, -0.05) is 19.9 Å². The van der Waals surface area contributed by atoms with Gasteiger partial charge >= 0.3 is 0 Å². The standard InChI is InChI=1S/C26H33N7O2/c1-17(2)23-24(20-13-22(35-4)26-28-16-29-33(26)15-20)30-31-25(23)21-6-5-19(14-27-21)18-7-9-32(10-8-18)11-12-34-3/h5-6,13-18H,7-12H2,1-4H3,(H,30,31). The molecule has 5 heterocycles. The molecule has 1 aliphatic heterocycles. The van der Waals surface area contributed by atoms with E-state index in [9.17, 15) is 0 Å². The molecule has 184 valence electrons. The van der Waals surface area contributed by atoms with Gasteiger partial charge in [-0.2, -0.15) is 10.2 Å². The zero-order chi connectivity index (χ0) is 24.4. The molecule has 0 unspecified atom stereocenters. The molecule has 0 saturated carbocycles. The SMILES string of the molecule is COCCN1CCC(c2ccc(-c3[nH]nc(-c4cc(OC)c5ncnn5c4)c3C(C)C)nc2)CC1. The first-order valence-corrected chi connectivity index (χ1v) is 12.2. The van der Waals surface area contributed by atoms with Crippen molar-refractivity contribution in [3.63, 3.8) is 0 Å². The number of ether oxygens (including phenoxy) is 2. The summed E-state index contributed by atoms with van der Waals surface area (Å²) in [5.74, 6) is 1.46. The van der Waals surface area contributed by atoms with Crippen molar-refractivity contribution in [2.45, 2.75) is 38.5 Å². The first-order valence-electron chi connectivity index (χ1n) is 12.2. The fourth-order valence-corrected chi connectivity index (χ4v) is 5.01. The minimum Gasteiger partial charge on any atom is -0.493 e. The maximum absolute atomic E-state index is 5.55. The fourth-order valence-electron chi connectivity index (χ4n) is 5.01. The average Bonchev–Trinajstić information content (AvgIpc) is 3.55. The van der Waals surface area contributed by atoms with E-state index in [0.29, 0.717) is 17.3 Å². The summed E-state index contributed by atoms with van der Waals surface area (Å²) >= 11 is 0. The maximum Gasteiger partial charge on any atom is 0.197 e. The monoisotopic (exact) mass is 475 g/mol. The van der Waals surface area contributed by atoms with Crippen LogP contribution in [0.4, 0.5) is 0 Å². The average molecular weight is 476 g/mol. The zero-order valence-corrected chi connectivity index (χ0v) is 20.9. The molecule has 1 aliphatic rings. The third-order valence-electron chi connectivity index (χ3n) is 6.93. The second-order valence-corrected chi connectivity index (χ2v) is 9.43. The molecular weight excluding hydrogens is 442 g/mol. The van der Waals surface area contributed by atoms with Crippen molar-refractivity contribution in [3.05, 3.63) is 48.0 Å². The predicted octanol–water partition coefficient (Wildman–Crippen LogP) is 4.14. The molecule has 9 nitrogen and oxygen atoms in total. The number of rotatable bonds is 8. The van der Waals surface area contributed by atoms with Crippen LogP contribution in [0.15, 0.2) is 36.9 Å². The summed E-state index contributed by atoms with van der Waals surface area (Å²) in [7, 11) is 3.40. The Labute approximate surface area is 205 Å². The minimum absolute atomic E-state index is 0.245. The van der Waals surface area contributed by atoms with Crippen LogP contribution in [0.1, 0.15) is 49.7 Å². The number of pyridine rings is 2. The van der Waals surface area contributed by atoms with Gasteiger partial charge in [0.25, 0.3) is 0 Å². The Morgan fingerprint density at radius 2 is 1.97 bits per heavy atom. The van der Waals surface area contributed by atoms with Crippen molar-refractivity contribution in [2.24, 2.45) is 0 Å². The van der Waals surface area contributed by atoms with E-state index in [4.69, 9.17) is 19.6 Å². The molecule has 1 N–H and O–H groups in total. The van der Waals surface area contributed by atoms with Gasteiger partial charge in [0, 0.05) is 37.2 Å². The molecule has 35 heavy (non-hydrogen) atoms. The first kappa shape index (κ1) is 23.4. The number of H-pyrrole nitrogens is 1. The number of aromatic nitrogens is 6. The lowest BCUT2D eigenvalue weighted by Gasteiger charge is -2.31. The van der Waals surface area contributed by atoms with Crippen molar-refractivity contribution >= 4 is 5.65 Å². The molecule has 0 amide bonds. The number of piperidine rings is 1. The van der Waals surface area contributed by atoms with Gasteiger partial charge in [-0.25, -0.2) is 9.50 Å². The van der Waals surface area contributed by atoms with Crippen LogP contribution in [0.3, 0.4) is 0 Å². The lowest BCUT2D eigenvalue weighted by molar-refractivity contribution is 0.130. The molecule has 0 atom stereocenters. The van der Waals surface area contributed by atoms with Crippen LogP contribution in [0.5, 0.6) is 5.75 Å². The topological polar surface area (TPSA) is 93.5 Å². The number of likely N-dealkylation sites (tertiary alicyclic amines) is 1.